The molecule has 1 amide bonds. The zero-order chi connectivity index (χ0) is 14.0. The summed E-state index contributed by atoms with van der Waals surface area (Å²) in [6, 6.07) is 5.19. The van der Waals surface area contributed by atoms with Gasteiger partial charge in [0.05, 0.1) is 13.0 Å². The molecule has 1 heterocycles. The third-order valence-corrected chi connectivity index (χ3v) is 3.87. The summed E-state index contributed by atoms with van der Waals surface area (Å²) in [6.45, 7) is 0.651. The van der Waals surface area contributed by atoms with Crippen molar-refractivity contribution in [3.8, 4) is 0 Å². The number of hydrogen-bond donors (Lipinski definition) is 0. The highest BCUT2D eigenvalue weighted by Gasteiger charge is 2.35. The number of nitrogens with zero attached hydrogens (tertiary/aromatic N) is 1. The maximum absolute atomic E-state index is 11.9. The standard InChI is InChI=1S/C13H13Cl2NO3/c1-19-13(18)8-5-12(17)16(6-8)7-9-10(14)3-2-4-11(9)15/h2-4,8H,5-7H2,1H3. The zero-order valence-electron chi connectivity index (χ0n) is 10.4. The first kappa shape index (κ1) is 14.2. The summed E-state index contributed by atoms with van der Waals surface area (Å²) < 4.78 is 4.66. The van der Waals surface area contributed by atoms with Gasteiger partial charge in [-0.2, -0.15) is 0 Å². The van der Waals surface area contributed by atoms with E-state index in [1.807, 2.05) is 0 Å². The molecule has 1 aliphatic rings. The van der Waals surface area contributed by atoms with Crippen LogP contribution in [0.5, 0.6) is 0 Å². The van der Waals surface area contributed by atoms with Crippen LogP contribution in [0.15, 0.2) is 18.2 Å². The third kappa shape index (κ3) is 3.01. The van der Waals surface area contributed by atoms with E-state index in [1.54, 1.807) is 23.1 Å². The minimum absolute atomic E-state index is 0.0913. The minimum atomic E-state index is -0.404. The molecular formula is C13H13Cl2NO3. The number of carbonyl (C=O) groups excluding carboxylic acids is 2. The fourth-order valence-corrected chi connectivity index (χ4v) is 2.64. The van der Waals surface area contributed by atoms with Crippen molar-refractivity contribution in [1.29, 1.82) is 0 Å². The number of carbonyl (C=O) groups is 2. The monoisotopic (exact) mass is 301 g/mol. The van der Waals surface area contributed by atoms with Crippen LogP contribution < -0.4 is 0 Å². The Labute approximate surface area is 121 Å². The fraction of sp³-hybridized carbons (Fsp3) is 0.385. The second-order valence-corrected chi connectivity index (χ2v) is 5.21. The number of halogens is 2. The van der Waals surface area contributed by atoms with Crippen molar-refractivity contribution < 1.29 is 14.3 Å². The van der Waals surface area contributed by atoms with Crippen LogP contribution in [0.25, 0.3) is 0 Å². The molecule has 2 rings (SSSR count). The van der Waals surface area contributed by atoms with E-state index in [1.165, 1.54) is 7.11 Å². The van der Waals surface area contributed by atoms with Crippen LogP contribution in [0.1, 0.15) is 12.0 Å². The van der Waals surface area contributed by atoms with Crippen LogP contribution in [-0.4, -0.2) is 30.4 Å². The van der Waals surface area contributed by atoms with E-state index in [0.29, 0.717) is 28.7 Å². The van der Waals surface area contributed by atoms with Crippen LogP contribution in [0.2, 0.25) is 10.0 Å². The van der Waals surface area contributed by atoms with Gasteiger partial charge in [0.1, 0.15) is 0 Å². The molecule has 102 valence electrons. The summed E-state index contributed by atoms with van der Waals surface area (Å²) >= 11 is 12.1. The van der Waals surface area contributed by atoms with Crippen molar-refractivity contribution >= 4 is 35.1 Å². The SMILES string of the molecule is COC(=O)C1CC(=O)N(Cc2c(Cl)cccc2Cl)C1. The average Bonchev–Trinajstić information content (AvgIpc) is 2.74. The lowest BCUT2D eigenvalue weighted by Gasteiger charge is -2.18. The second kappa shape index (κ2) is 5.80. The summed E-state index contributed by atoms with van der Waals surface area (Å²) in [5, 5.41) is 1.03. The minimum Gasteiger partial charge on any atom is -0.469 e. The Bertz CT molecular complexity index is 498. The smallest absolute Gasteiger partial charge is 0.310 e. The van der Waals surface area contributed by atoms with Gasteiger partial charge in [-0.1, -0.05) is 29.3 Å². The number of ether oxygens (including phenoxy) is 1. The molecule has 6 heteroatoms. The van der Waals surface area contributed by atoms with Gasteiger partial charge in [-0.05, 0) is 12.1 Å². The molecule has 0 aliphatic carbocycles. The first-order chi connectivity index (χ1) is 9.02. The van der Waals surface area contributed by atoms with Gasteiger partial charge in [0, 0.05) is 35.1 Å². The topological polar surface area (TPSA) is 46.6 Å². The first-order valence-electron chi connectivity index (χ1n) is 5.81. The van der Waals surface area contributed by atoms with Gasteiger partial charge < -0.3 is 9.64 Å². The largest absolute Gasteiger partial charge is 0.469 e. The second-order valence-electron chi connectivity index (χ2n) is 4.40. The highest BCUT2D eigenvalue weighted by atomic mass is 35.5. The molecular weight excluding hydrogens is 289 g/mol. The van der Waals surface area contributed by atoms with E-state index in [-0.39, 0.29) is 18.3 Å². The van der Waals surface area contributed by atoms with Gasteiger partial charge in [-0.3, -0.25) is 9.59 Å². The predicted octanol–water partition coefficient (Wildman–Crippen LogP) is 2.51. The summed E-state index contributed by atoms with van der Waals surface area (Å²) in [7, 11) is 1.32. The molecule has 1 saturated heterocycles. The van der Waals surface area contributed by atoms with E-state index in [4.69, 9.17) is 23.2 Å². The summed E-state index contributed by atoms with van der Waals surface area (Å²) in [4.78, 5) is 24.9. The number of esters is 1. The van der Waals surface area contributed by atoms with Crippen LogP contribution in [0.3, 0.4) is 0 Å². The third-order valence-electron chi connectivity index (χ3n) is 3.16. The molecule has 1 fully saturated rings. The summed E-state index contributed by atoms with van der Waals surface area (Å²) in [5.74, 6) is -0.855. The van der Waals surface area contributed by atoms with Gasteiger partial charge >= 0.3 is 5.97 Å². The number of benzene rings is 1. The van der Waals surface area contributed by atoms with Gasteiger partial charge in [0.25, 0.3) is 0 Å². The first-order valence-corrected chi connectivity index (χ1v) is 6.57. The van der Waals surface area contributed by atoms with Crippen LogP contribution in [0.4, 0.5) is 0 Å². The molecule has 0 spiro atoms. The van der Waals surface area contributed by atoms with Crippen molar-refractivity contribution in [1.82, 2.24) is 4.90 Å². The van der Waals surface area contributed by atoms with E-state index < -0.39 is 5.92 Å². The van der Waals surface area contributed by atoms with Crippen molar-refractivity contribution in [2.24, 2.45) is 5.92 Å². The van der Waals surface area contributed by atoms with Gasteiger partial charge in [0.15, 0.2) is 0 Å². The summed E-state index contributed by atoms with van der Waals surface area (Å²) in [6.07, 6.45) is 0.175. The predicted molar refractivity (Wildman–Crippen MR) is 72.0 cm³/mol. The Morgan fingerprint density at radius 2 is 2.05 bits per heavy atom. The Hall–Kier alpha value is -1.26. The zero-order valence-corrected chi connectivity index (χ0v) is 11.9. The molecule has 0 aromatic heterocycles. The quantitative estimate of drug-likeness (QED) is 0.806. The van der Waals surface area contributed by atoms with Gasteiger partial charge in [-0.15, -0.1) is 0 Å². The summed E-state index contributed by atoms with van der Waals surface area (Å²) in [5.41, 5.74) is 0.699. The molecule has 1 aromatic rings. The lowest BCUT2D eigenvalue weighted by Crippen LogP contribution is -2.26. The number of hydrogen-bond acceptors (Lipinski definition) is 3. The van der Waals surface area contributed by atoms with E-state index in [2.05, 4.69) is 4.74 Å². The van der Waals surface area contributed by atoms with Crippen molar-refractivity contribution in [3.05, 3.63) is 33.8 Å². The molecule has 0 bridgehead atoms. The molecule has 1 unspecified atom stereocenters. The molecule has 4 nitrogen and oxygen atoms in total. The lowest BCUT2D eigenvalue weighted by molar-refractivity contribution is -0.145. The Kier molecular flexibility index (Phi) is 4.32. The van der Waals surface area contributed by atoms with E-state index >= 15 is 0 Å². The Morgan fingerprint density at radius 1 is 1.42 bits per heavy atom. The van der Waals surface area contributed by atoms with Crippen molar-refractivity contribution in [3.63, 3.8) is 0 Å². The van der Waals surface area contributed by atoms with Crippen molar-refractivity contribution in [2.75, 3.05) is 13.7 Å². The number of amides is 1. The number of likely N-dealkylation sites (tertiary alicyclic amines) is 1. The number of rotatable bonds is 3. The highest BCUT2D eigenvalue weighted by Crippen LogP contribution is 2.28. The van der Waals surface area contributed by atoms with Gasteiger partial charge in [0.2, 0.25) is 5.91 Å². The highest BCUT2D eigenvalue weighted by molar-refractivity contribution is 6.36. The molecule has 0 saturated carbocycles. The molecule has 19 heavy (non-hydrogen) atoms. The van der Waals surface area contributed by atoms with Crippen molar-refractivity contribution in [2.45, 2.75) is 13.0 Å². The Balaban J connectivity index is 2.12. The molecule has 0 N–H and O–H groups in total. The van der Waals surface area contributed by atoms with E-state index in [0.717, 1.165) is 0 Å². The van der Waals surface area contributed by atoms with Crippen LogP contribution in [0, 0.1) is 5.92 Å². The fourth-order valence-electron chi connectivity index (χ4n) is 2.12. The maximum atomic E-state index is 11.9. The normalized spacial score (nSPS) is 18.8. The van der Waals surface area contributed by atoms with Crippen LogP contribution >= 0.6 is 23.2 Å². The molecule has 1 aliphatic heterocycles. The lowest BCUT2D eigenvalue weighted by atomic mass is 10.1. The molecule has 1 aromatic carbocycles. The molecule has 1 atom stereocenters. The van der Waals surface area contributed by atoms with Crippen LogP contribution in [-0.2, 0) is 20.9 Å². The Morgan fingerprint density at radius 3 is 2.63 bits per heavy atom. The van der Waals surface area contributed by atoms with Gasteiger partial charge in [-0.25, -0.2) is 0 Å². The number of methoxy groups -OCH3 is 1. The average molecular weight is 302 g/mol. The maximum Gasteiger partial charge on any atom is 0.310 e. The van der Waals surface area contributed by atoms with E-state index in [9.17, 15) is 9.59 Å². The molecule has 0 radical (unpaired) electrons.